The minimum atomic E-state index is 0.641. The van der Waals surface area contributed by atoms with E-state index >= 15 is 0 Å². The Labute approximate surface area is 106 Å². The van der Waals surface area contributed by atoms with E-state index in [1.807, 2.05) is 48.7 Å². The molecule has 0 aliphatic rings. The van der Waals surface area contributed by atoms with E-state index in [1.54, 1.807) is 0 Å². The van der Waals surface area contributed by atoms with Crippen LogP contribution in [0.1, 0.15) is 22.5 Å². The van der Waals surface area contributed by atoms with E-state index in [4.69, 9.17) is 16.9 Å². The lowest BCUT2D eigenvalue weighted by molar-refractivity contribution is 0.763. The van der Waals surface area contributed by atoms with Crippen LogP contribution in [-0.4, -0.2) is 4.57 Å². The van der Waals surface area contributed by atoms with Gasteiger partial charge in [0.25, 0.3) is 0 Å². The van der Waals surface area contributed by atoms with Crippen LogP contribution in [0, 0.1) is 25.2 Å². The van der Waals surface area contributed by atoms with Crippen molar-refractivity contribution in [1.29, 1.82) is 5.26 Å². The molecular weight excluding hydrogens is 232 g/mol. The van der Waals surface area contributed by atoms with Gasteiger partial charge in [-0.1, -0.05) is 29.8 Å². The summed E-state index contributed by atoms with van der Waals surface area (Å²) in [5.41, 5.74) is 3.84. The van der Waals surface area contributed by atoms with E-state index < -0.39 is 0 Å². The van der Waals surface area contributed by atoms with Crippen LogP contribution < -0.4 is 0 Å². The Morgan fingerprint density at radius 1 is 1.29 bits per heavy atom. The summed E-state index contributed by atoms with van der Waals surface area (Å²) >= 11 is 6.13. The number of hydrogen-bond acceptors (Lipinski definition) is 1. The number of nitriles is 1. The van der Waals surface area contributed by atoms with Crippen molar-refractivity contribution < 1.29 is 0 Å². The summed E-state index contributed by atoms with van der Waals surface area (Å²) in [7, 11) is 0. The zero-order valence-corrected chi connectivity index (χ0v) is 10.6. The van der Waals surface area contributed by atoms with Crippen LogP contribution in [0.2, 0.25) is 5.02 Å². The molecule has 0 radical (unpaired) electrons. The first-order chi connectivity index (χ1) is 8.13. The molecule has 0 amide bonds. The van der Waals surface area contributed by atoms with Crippen molar-refractivity contribution in [3.63, 3.8) is 0 Å². The predicted octanol–water partition coefficient (Wildman–Crippen LogP) is 3.68. The topological polar surface area (TPSA) is 28.7 Å². The third-order valence-corrected chi connectivity index (χ3v) is 3.26. The quantitative estimate of drug-likeness (QED) is 0.792. The highest BCUT2D eigenvalue weighted by Crippen LogP contribution is 2.20. The molecule has 17 heavy (non-hydrogen) atoms. The lowest BCUT2D eigenvalue weighted by Gasteiger charge is -2.09. The standard InChI is InChI=1S/C14H13ClN2/c1-10-7-11(2)17(14(10)8-16)9-12-5-3-4-6-13(12)15/h3-7H,9H2,1-2H3. The molecule has 3 heteroatoms. The summed E-state index contributed by atoms with van der Waals surface area (Å²) in [4.78, 5) is 0. The highest BCUT2D eigenvalue weighted by atomic mass is 35.5. The summed E-state index contributed by atoms with van der Waals surface area (Å²) in [5.74, 6) is 0. The molecule has 2 nitrogen and oxygen atoms in total. The third kappa shape index (κ3) is 2.20. The highest BCUT2D eigenvalue weighted by Gasteiger charge is 2.10. The number of aryl methyl sites for hydroxylation is 2. The number of hydrogen-bond donors (Lipinski definition) is 0. The molecule has 0 spiro atoms. The molecule has 0 N–H and O–H groups in total. The summed E-state index contributed by atoms with van der Waals surface area (Å²) < 4.78 is 2.00. The Morgan fingerprint density at radius 3 is 2.65 bits per heavy atom. The van der Waals surface area contributed by atoms with Gasteiger partial charge in [-0.2, -0.15) is 5.26 Å². The van der Waals surface area contributed by atoms with Gasteiger partial charge >= 0.3 is 0 Å². The molecule has 2 rings (SSSR count). The molecule has 0 saturated heterocycles. The van der Waals surface area contributed by atoms with Crippen molar-refractivity contribution in [2.45, 2.75) is 20.4 Å². The summed E-state index contributed by atoms with van der Waals surface area (Å²) in [5, 5.41) is 9.89. The molecule has 86 valence electrons. The van der Waals surface area contributed by atoms with Crippen LogP contribution in [0.15, 0.2) is 30.3 Å². The van der Waals surface area contributed by atoms with Crippen LogP contribution in [0.3, 0.4) is 0 Å². The van der Waals surface area contributed by atoms with Crippen LogP contribution in [0.4, 0.5) is 0 Å². The fraction of sp³-hybridized carbons (Fsp3) is 0.214. The van der Waals surface area contributed by atoms with Gasteiger partial charge in [0.1, 0.15) is 11.8 Å². The number of benzene rings is 1. The lowest BCUT2D eigenvalue weighted by atomic mass is 10.2. The van der Waals surface area contributed by atoms with Gasteiger partial charge in [0.2, 0.25) is 0 Å². The van der Waals surface area contributed by atoms with Crippen molar-refractivity contribution in [1.82, 2.24) is 4.57 Å². The fourth-order valence-corrected chi connectivity index (χ4v) is 2.19. The van der Waals surface area contributed by atoms with Crippen LogP contribution in [-0.2, 0) is 6.54 Å². The second-order valence-corrected chi connectivity index (χ2v) is 4.51. The zero-order valence-electron chi connectivity index (χ0n) is 9.87. The average Bonchev–Trinajstić information content (AvgIpc) is 2.56. The van der Waals surface area contributed by atoms with Crippen molar-refractivity contribution in [3.8, 4) is 6.07 Å². The highest BCUT2D eigenvalue weighted by molar-refractivity contribution is 6.31. The molecule has 0 fully saturated rings. The predicted molar refractivity (Wildman–Crippen MR) is 69.2 cm³/mol. The molecule has 0 aliphatic heterocycles. The molecule has 2 aromatic rings. The molecule has 1 aromatic carbocycles. The van der Waals surface area contributed by atoms with Crippen molar-refractivity contribution in [2.24, 2.45) is 0 Å². The van der Waals surface area contributed by atoms with E-state index in [-0.39, 0.29) is 0 Å². The average molecular weight is 245 g/mol. The first-order valence-corrected chi connectivity index (χ1v) is 5.81. The third-order valence-electron chi connectivity index (χ3n) is 2.89. The summed E-state index contributed by atoms with van der Waals surface area (Å²) in [6.07, 6.45) is 0. The number of rotatable bonds is 2. The zero-order chi connectivity index (χ0) is 12.4. The van der Waals surface area contributed by atoms with E-state index in [2.05, 4.69) is 6.07 Å². The van der Waals surface area contributed by atoms with E-state index in [0.29, 0.717) is 12.2 Å². The van der Waals surface area contributed by atoms with Gasteiger partial charge in [0.05, 0.1) is 0 Å². The lowest BCUT2D eigenvalue weighted by Crippen LogP contribution is -2.05. The molecular formula is C14H13ClN2. The van der Waals surface area contributed by atoms with Gasteiger partial charge in [-0.3, -0.25) is 0 Å². The molecule has 1 aromatic heterocycles. The van der Waals surface area contributed by atoms with E-state index in [0.717, 1.165) is 21.8 Å². The smallest absolute Gasteiger partial charge is 0.123 e. The number of nitrogens with zero attached hydrogens (tertiary/aromatic N) is 2. The molecule has 0 saturated carbocycles. The maximum atomic E-state index is 9.16. The molecule has 0 unspecified atom stereocenters. The first-order valence-electron chi connectivity index (χ1n) is 5.43. The van der Waals surface area contributed by atoms with E-state index in [1.165, 1.54) is 0 Å². The van der Waals surface area contributed by atoms with Gasteiger partial charge < -0.3 is 4.57 Å². The summed E-state index contributed by atoms with van der Waals surface area (Å²) in [6.45, 7) is 4.60. The Balaban J connectivity index is 2.44. The van der Waals surface area contributed by atoms with Gasteiger partial charge in [-0.15, -0.1) is 0 Å². The molecule has 0 atom stereocenters. The Kier molecular flexibility index (Phi) is 3.21. The van der Waals surface area contributed by atoms with Crippen LogP contribution in [0.5, 0.6) is 0 Å². The fourth-order valence-electron chi connectivity index (χ4n) is 2.00. The van der Waals surface area contributed by atoms with Crippen molar-refractivity contribution in [3.05, 3.63) is 57.9 Å². The minimum Gasteiger partial charge on any atom is -0.332 e. The summed E-state index contributed by atoms with van der Waals surface area (Å²) in [6, 6.07) is 12.0. The first kappa shape index (κ1) is 11.8. The van der Waals surface area contributed by atoms with Crippen LogP contribution >= 0.6 is 11.6 Å². The van der Waals surface area contributed by atoms with Gasteiger partial charge in [0.15, 0.2) is 0 Å². The van der Waals surface area contributed by atoms with Gasteiger partial charge in [-0.05, 0) is 37.1 Å². The van der Waals surface area contributed by atoms with Gasteiger partial charge in [0, 0.05) is 17.3 Å². The number of aromatic nitrogens is 1. The maximum Gasteiger partial charge on any atom is 0.123 e. The van der Waals surface area contributed by atoms with Crippen molar-refractivity contribution in [2.75, 3.05) is 0 Å². The Hall–Kier alpha value is -1.72. The minimum absolute atomic E-state index is 0.641. The number of halogens is 1. The SMILES string of the molecule is Cc1cc(C)n(Cc2ccccc2Cl)c1C#N. The van der Waals surface area contributed by atoms with Crippen molar-refractivity contribution >= 4 is 11.6 Å². The second-order valence-electron chi connectivity index (χ2n) is 4.11. The Bertz CT molecular complexity index is 591. The monoisotopic (exact) mass is 244 g/mol. The van der Waals surface area contributed by atoms with Crippen LogP contribution in [0.25, 0.3) is 0 Å². The Morgan fingerprint density at radius 2 is 2.00 bits per heavy atom. The largest absolute Gasteiger partial charge is 0.332 e. The van der Waals surface area contributed by atoms with E-state index in [9.17, 15) is 0 Å². The second kappa shape index (κ2) is 4.65. The molecule has 1 heterocycles. The normalized spacial score (nSPS) is 10.2. The van der Waals surface area contributed by atoms with Gasteiger partial charge in [-0.25, -0.2) is 0 Å². The molecule has 0 aliphatic carbocycles. The molecule has 0 bridgehead atoms. The maximum absolute atomic E-state index is 9.16.